The lowest BCUT2D eigenvalue weighted by Crippen LogP contribution is -2.24. The molecule has 0 fully saturated rings. The van der Waals surface area contributed by atoms with Crippen molar-refractivity contribution in [3.8, 4) is 17.1 Å². The highest BCUT2D eigenvalue weighted by Crippen LogP contribution is 2.26. The number of fused-ring (bicyclic) bond motifs is 1. The number of rotatable bonds is 4. The molecule has 0 aliphatic carbocycles. The van der Waals surface area contributed by atoms with Gasteiger partial charge in [-0.3, -0.25) is 9.36 Å². The first-order chi connectivity index (χ1) is 13.1. The molecule has 1 aromatic carbocycles. The average Bonchev–Trinajstić information content (AvgIpc) is 3.09. The van der Waals surface area contributed by atoms with E-state index in [-0.39, 0.29) is 5.56 Å². The second-order valence-electron chi connectivity index (χ2n) is 6.05. The third kappa shape index (κ3) is 3.17. The van der Waals surface area contributed by atoms with Gasteiger partial charge < -0.3 is 0 Å². The molecular formula is C19H15BrClN5O. The molecule has 0 amide bonds. The number of pyridine rings is 1. The second kappa shape index (κ2) is 7.25. The summed E-state index contributed by atoms with van der Waals surface area (Å²) >= 11 is 9.39. The molecule has 0 spiro atoms. The Labute approximate surface area is 168 Å². The van der Waals surface area contributed by atoms with E-state index in [1.165, 1.54) is 0 Å². The zero-order valence-corrected chi connectivity index (χ0v) is 16.8. The molecule has 136 valence electrons. The molecule has 27 heavy (non-hydrogen) atoms. The summed E-state index contributed by atoms with van der Waals surface area (Å²) < 4.78 is 3.86. The van der Waals surface area contributed by atoms with Gasteiger partial charge >= 0.3 is 0 Å². The van der Waals surface area contributed by atoms with E-state index in [1.54, 1.807) is 27.7 Å². The average molecular weight is 445 g/mol. The molecular weight excluding hydrogens is 430 g/mol. The van der Waals surface area contributed by atoms with E-state index in [4.69, 9.17) is 16.6 Å². The van der Waals surface area contributed by atoms with Crippen molar-refractivity contribution in [2.24, 2.45) is 0 Å². The Balaban J connectivity index is 2.03. The number of aromatic nitrogens is 5. The molecule has 3 heterocycles. The van der Waals surface area contributed by atoms with Gasteiger partial charge in [-0.15, -0.1) is 11.6 Å². The van der Waals surface area contributed by atoms with Crippen LogP contribution in [0.3, 0.4) is 0 Å². The summed E-state index contributed by atoms with van der Waals surface area (Å²) in [4.78, 5) is 22.1. The normalized spacial score (nSPS) is 11.2. The smallest absolute Gasteiger partial charge is 0.264 e. The zero-order chi connectivity index (χ0) is 19.0. The molecule has 0 saturated carbocycles. The lowest BCUT2D eigenvalue weighted by atomic mass is 10.2. The van der Waals surface area contributed by atoms with Crippen molar-refractivity contribution in [2.45, 2.75) is 13.5 Å². The van der Waals surface area contributed by atoms with Crippen LogP contribution in [0.4, 0.5) is 0 Å². The number of halogens is 2. The van der Waals surface area contributed by atoms with Gasteiger partial charge in [-0.05, 0) is 47.1 Å². The van der Waals surface area contributed by atoms with Crippen LogP contribution < -0.4 is 5.56 Å². The molecule has 4 aromatic rings. The quantitative estimate of drug-likeness (QED) is 0.353. The number of hydrogen-bond donors (Lipinski definition) is 0. The van der Waals surface area contributed by atoms with E-state index < -0.39 is 0 Å². The molecule has 0 aliphatic rings. The molecule has 0 N–H and O–H groups in total. The molecule has 0 aliphatic heterocycles. The summed E-state index contributed by atoms with van der Waals surface area (Å²) in [7, 11) is 0. The summed E-state index contributed by atoms with van der Waals surface area (Å²) in [6, 6.07) is 11.6. The number of aryl methyl sites for hydroxylation is 1. The number of nitrogens with zero attached hydrogens (tertiary/aromatic N) is 5. The lowest BCUT2D eigenvalue weighted by molar-refractivity contribution is 0.730. The highest BCUT2D eigenvalue weighted by Gasteiger charge is 2.18. The van der Waals surface area contributed by atoms with E-state index >= 15 is 0 Å². The van der Waals surface area contributed by atoms with Crippen LogP contribution in [0.5, 0.6) is 0 Å². The van der Waals surface area contributed by atoms with Crippen molar-refractivity contribution in [3.05, 3.63) is 69.3 Å². The van der Waals surface area contributed by atoms with Crippen molar-refractivity contribution in [2.75, 3.05) is 5.88 Å². The molecule has 3 aromatic heterocycles. The topological polar surface area (TPSA) is 65.6 Å². The van der Waals surface area contributed by atoms with Gasteiger partial charge in [0.2, 0.25) is 0 Å². The lowest BCUT2D eigenvalue weighted by Gasteiger charge is -2.13. The minimum absolute atomic E-state index is 0.176. The molecule has 8 heteroatoms. The Morgan fingerprint density at radius 1 is 1.19 bits per heavy atom. The van der Waals surface area contributed by atoms with Gasteiger partial charge in [0.05, 0.1) is 17.4 Å². The monoisotopic (exact) mass is 443 g/mol. The first-order valence-electron chi connectivity index (χ1n) is 8.32. The Hall–Kier alpha value is -2.51. The standard InChI is InChI=1S/C19H15BrClN5O/c1-12-4-6-13(7-5-12)26-18-15(11-23-26)19(27)25(10-8-21)17(24-18)14-3-2-9-22-16(14)20/h2-7,9,11H,8,10H2,1H3. The van der Waals surface area contributed by atoms with Crippen LogP contribution in [0.25, 0.3) is 28.1 Å². The minimum Gasteiger partial charge on any atom is -0.291 e. The van der Waals surface area contributed by atoms with Crippen molar-refractivity contribution < 1.29 is 0 Å². The van der Waals surface area contributed by atoms with Gasteiger partial charge in [0.1, 0.15) is 15.8 Å². The van der Waals surface area contributed by atoms with Gasteiger partial charge in [0.15, 0.2) is 5.65 Å². The number of hydrogen-bond acceptors (Lipinski definition) is 4. The van der Waals surface area contributed by atoms with Crippen molar-refractivity contribution in [1.29, 1.82) is 0 Å². The van der Waals surface area contributed by atoms with Crippen LogP contribution >= 0.6 is 27.5 Å². The zero-order valence-electron chi connectivity index (χ0n) is 14.4. The maximum Gasteiger partial charge on any atom is 0.264 e. The minimum atomic E-state index is -0.176. The predicted molar refractivity (Wildman–Crippen MR) is 110 cm³/mol. The van der Waals surface area contributed by atoms with Gasteiger partial charge in [0.25, 0.3) is 5.56 Å². The van der Waals surface area contributed by atoms with Gasteiger partial charge in [-0.2, -0.15) is 5.10 Å². The van der Waals surface area contributed by atoms with Crippen LogP contribution in [0.2, 0.25) is 0 Å². The third-order valence-corrected chi connectivity index (χ3v) is 5.07. The van der Waals surface area contributed by atoms with E-state index in [9.17, 15) is 4.79 Å². The molecule has 6 nitrogen and oxygen atoms in total. The van der Waals surface area contributed by atoms with Gasteiger partial charge in [0, 0.05) is 18.6 Å². The Bertz CT molecular complexity index is 1180. The van der Waals surface area contributed by atoms with Crippen LogP contribution in [0.15, 0.2) is 58.2 Å². The fourth-order valence-corrected chi connectivity index (χ4v) is 3.52. The van der Waals surface area contributed by atoms with E-state index in [0.717, 1.165) is 16.8 Å². The summed E-state index contributed by atoms with van der Waals surface area (Å²) in [5.74, 6) is 0.798. The van der Waals surface area contributed by atoms with E-state index in [2.05, 4.69) is 26.0 Å². The Morgan fingerprint density at radius 3 is 2.67 bits per heavy atom. The number of benzene rings is 1. The fraction of sp³-hybridized carbons (Fsp3) is 0.158. The molecule has 0 radical (unpaired) electrons. The Morgan fingerprint density at radius 2 is 1.96 bits per heavy atom. The van der Waals surface area contributed by atoms with Crippen LogP contribution in [0.1, 0.15) is 5.56 Å². The molecule has 4 rings (SSSR count). The highest BCUT2D eigenvalue weighted by atomic mass is 79.9. The fourth-order valence-electron chi connectivity index (χ4n) is 2.93. The SMILES string of the molecule is Cc1ccc(-n2ncc3c(=O)n(CCCl)c(-c4cccnc4Br)nc32)cc1. The summed E-state index contributed by atoms with van der Waals surface area (Å²) in [6.45, 7) is 2.36. The van der Waals surface area contributed by atoms with Gasteiger partial charge in [-0.25, -0.2) is 14.6 Å². The maximum atomic E-state index is 13.1. The first-order valence-corrected chi connectivity index (χ1v) is 9.65. The summed E-state index contributed by atoms with van der Waals surface area (Å²) in [5, 5.41) is 4.84. The molecule has 0 atom stereocenters. The van der Waals surface area contributed by atoms with Crippen molar-refractivity contribution >= 4 is 38.6 Å². The highest BCUT2D eigenvalue weighted by molar-refractivity contribution is 9.10. The number of alkyl halides is 1. The van der Waals surface area contributed by atoms with E-state index in [0.29, 0.717) is 33.9 Å². The first kappa shape index (κ1) is 17.9. The van der Waals surface area contributed by atoms with Crippen LogP contribution in [0, 0.1) is 6.92 Å². The van der Waals surface area contributed by atoms with Crippen molar-refractivity contribution in [3.63, 3.8) is 0 Å². The largest absolute Gasteiger partial charge is 0.291 e. The molecule has 0 unspecified atom stereocenters. The van der Waals surface area contributed by atoms with E-state index in [1.807, 2.05) is 37.3 Å². The van der Waals surface area contributed by atoms with Crippen LogP contribution in [-0.4, -0.2) is 30.2 Å². The maximum absolute atomic E-state index is 13.1. The van der Waals surface area contributed by atoms with Gasteiger partial charge in [-0.1, -0.05) is 17.7 Å². The predicted octanol–water partition coefficient (Wildman–Crippen LogP) is 3.95. The second-order valence-corrected chi connectivity index (χ2v) is 7.18. The van der Waals surface area contributed by atoms with Crippen molar-refractivity contribution in [1.82, 2.24) is 24.3 Å². The summed E-state index contributed by atoms with van der Waals surface area (Å²) in [5.41, 5.74) is 3.03. The summed E-state index contributed by atoms with van der Waals surface area (Å²) in [6.07, 6.45) is 3.23. The molecule has 0 saturated heterocycles. The third-order valence-electron chi connectivity index (χ3n) is 4.27. The Kier molecular flexibility index (Phi) is 4.80. The molecule has 0 bridgehead atoms. The van der Waals surface area contributed by atoms with Crippen LogP contribution in [-0.2, 0) is 6.54 Å².